The van der Waals surface area contributed by atoms with Gasteiger partial charge in [0.2, 0.25) is 11.8 Å². The molecule has 5 rings (SSSR count). The topological polar surface area (TPSA) is 116 Å². The summed E-state index contributed by atoms with van der Waals surface area (Å²) in [5.74, 6) is -1.19. The second-order valence-electron chi connectivity index (χ2n) is 9.45. The Morgan fingerprint density at radius 2 is 1.54 bits per heavy atom. The Hall–Kier alpha value is -4.21. The summed E-state index contributed by atoms with van der Waals surface area (Å²) in [5, 5.41) is 5.62. The number of nitrogens with one attached hydrogen (secondary N) is 1. The molecule has 37 heavy (non-hydrogen) atoms. The van der Waals surface area contributed by atoms with Gasteiger partial charge in [0.15, 0.2) is 0 Å². The van der Waals surface area contributed by atoms with E-state index in [1.165, 1.54) is 5.01 Å². The van der Waals surface area contributed by atoms with E-state index >= 15 is 0 Å². The standard InChI is InChI=1S/C27H28N4O6/c1-37-19-9-7-18(8-10-19)27(12-13-27)26(36)31-16-4-15-30(31)23(33)11-14-28-22(32)17-29-24(34)20-5-2-3-6-21(20)25(29)35/h2-3,5-10H,4,11-17H2,1H3,(H,28,32). The first-order chi connectivity index (χ1) is 17.9. The molecule has 0 aromatic heterocycles. The second-order valence-corrected chi connectivity index (χ2v) is 9.45. The summed E-state index contributed by atoms with van der Waals surface area (Å²) in [7, 11) is 1.59. The van der Waals surface area contributed by atoms with Crippen LogP contribution in [0.15, 0.2) is 48.5 Å². The van der Waals surface area contributed by atoms with Crippen LogP contribution in [0.25, 0.3) is 0 Å². The maximum absolute atomic E-state index is 13.5. The van der Waals surface area contributed by atoms with Crippen LogP contribution in [0.2, 0.25) is 0 Å². The maximum atomic E-state index is 13.5. The van der Waals surface area contributed by atoms with Crippen molar-refractivity contribution in [3.05, 3.63) is 65.2 Å². The van der Waals surface area contributed by atoms with E-state index in [4.69, 9.17) is 4.74 Å². The van der Waals surface area contributed by atoms with E-state index in [2.05, 4.69) is 5.32 Å². The Labute approximate surface area is 214 Å². The quantitative estimate of drug-likeness (QED) is 0.545. The first kappa shape index (κ1) is 24.5. The molecule has 2 aliphatic heterocycles. The molecule has 10 heteroatoms. The number of hydrogen-bond acceptors (Lipinski definition) is 6. The minimum Gasteiger partial charge on any atom is -0.497 e. The van der Waals surface area contributed by atoms with Crippen LogP contribution in [0.4, 0.5) is 0 Å². The predicted molar refractivity (Wildman–Crippen MR) is 131 cm³/mol. The van der Waals surface area contributed by atoms with Gasteiger partial charge in [-0.15, -0.1) is 0 Å². The van der Waals surface area contributed by atoms with Crippen LogP contribution in [0.1, 0.15) is 52.0 Å². The predicted octanol–water partition coefficient (Wildman–Crippen LogP) is 1.51. The molecule has 2 aromatic carbocycles. The van der Waals surface area contributed by atoms with Crippen molar-refractivity contribution in [2.45, 2.75) is 31.1 Å². The lowest BCUT2D eigenvalue weighted by Gasteiger charge is -2.31. The van der Waals surface area contributed by atoms with E-state index in [1.54, 1.807) is 36.4 Å². The van der Waals surface area contributed by atoms with Crippen molar-refractivity contribution >= 4 is 29.5 Å². The van der Waals surface area contributed by atoms with Gasteiger partial charge >= 0.3 is 0 Å². The molecule has 1 aliphatic carbocycles. The molecule has 2 aromatic rings. The summed E-state index contributed by atoms with van der Waals surface area (Å²) in [6.07, 6.45) is 2.13. The fourth-order valence-corrected chi connectivity index (χ4v) is 5.01. The van der Waals surface area contributed by atoms with Gasteiger partial charge < -0.3 is 10.1 Å². The van der Waals surface area contributed by atoms with E-state index in [9.17, 15) is 24.0 Å². The second kappa shape index (κ2) is 9.68. The molecule has 0 bridgehead atoms. The van der Waals surface area contributed by atoms with Crippen LogP contribution in [-0.2, 0) is 19.8 Å². The molecule has 1 saturated heterocycles. The number of nitrogens with zero attached hydrogens (tertiary/aromatic N) is 3. The summed E-state index contributed by atoms with van der Waals surface area (Å²) in [6.45, 7) is 0.517. The van der Waals surface area contributed by atoms with Crippen molar-refractivity contribution in [3.8, 4) is 5.75 Å². The molecule has 0 atom stereocenters. The highest BCUT2D eigenvalue weighted by Gasteiger charge is 2.54. The lowest BCUT2D eigenvalue weighted by atomic mass is 9.94. The molecule has 10 nitrogen and oxygen atoms in total. The highest BCUT2D eigenvalue weighted by Crippen LogP contribution is 2.50. The number of carbonyl (C=O) groups excluding carboxylic acids is 5. The van der Waals surface area contributed by atoms with E-state index in [0.29, 0.717) is 19.5 Å². The molecule has 192 valence electrons. The Morgan fingerprint density at radius 3 is 2.14 bits per heavy atom. The van der Waals surface area contributed by atoms with Crippen molar-refractivity contribution in [2.24, 2.45) is 0 Å². The number of benzene rings is 2. The van der Waals surface area contributed by atoms with Crippen molar-refractivity contribution in [3.63, 3.8) is 0 Å². The molecule has 0 radical (unpaired) electrons. The zero-order chi connectivity index (χ0) is 26.2. The summed E-state index contributed by atoms with van der Waals surface area (Å²) in [4.78, 5) is 64.6. The third-order valence-electron chi connectivity index (χ3n) is 7.20. The molecular weight excluding hydrogens is 476 g/mol. The molecule has 3 aliphatic rings. The number of ether oxygens (including phenoxy) is 1. The van der Waals surface area contributed by atoms with Gasteiger partial charge in [-0.1, -0.05) is 24.3 Å². The van der Waals surface area contributed by atoms with Crippen molar-refractivity contribution in [1.29, 1.82) is 0 Å². The zero-order valence-corrected chi connectivity index (χ0v) is 20.6. The summed E-state index contributed by atoms with van der Waals surface area (Å²) < 4.78 is 5.21. The summed E-state index contributed by atoms with van der Waals surface area (Å²) >= 11 is 0. The van der Waals surface area contributed by atoms with Crippen LogP contribution >= 0.6 is 0 Å². The van der Waals surface area contributed by atoms with E-state index in [-0.39, 0.29) is 35.9 Å². The third kappa shape index (κ3) is 4.43. The fraction of sp³-hybridized carbons (Fsp3) is 0.370. The lowest BCUT2D eigenvalue weighted by molar-refractivity contribution is -0.159. The Balaban J connectivity index is 1.14. The molecule has 2 fully saturated rings. The maximum Gasteiger partial charge on any atom is 0.262 e. The monoisotopic (exact) mass is 504 g/mol. The zero-order valence-electron chi connectivity index (χ0n) is 20.6. The van der Waals surface area contributed by atoms with Gasteiger partial charge in [-0.3, -0.25) is 38.9 Å². The summed E-state index contributed by atoms with van der Waals surface area (Å²) in [5.41, 5.74) is 0.850. The minimum absolute atomic E-state index is 0.00677. The fourth-order valence-electron chi connectivity index (χ4n) is 5.01. The van der Waals surface area contributed by atoms with Crippen molar-refractivity contribution < 1.29 is 28.7 Å². The number of hydrazine groups is 1. The van der Waals surface area contributed by atoms with Crippen molar-refractivity contribution in [1.82, 2.24) is 20.2 Å². The summed E-state index contributed by atoms with van der Waals surface area (Å²) in [6, 6.07) is 13.9. The lowest BCUT2D eigenvalue weighted by Crippen LogP contribution is -2.49. The van der Waals surface area contributed by atoms with Crippen molar-refractivity contribution in [2.75, 3.05) is 33.3 Å². The number of methoxy groups -OCH3 is 1. The molecule has 5 amide bonds. The van der Waals surface area contributed by atoms with Gasteiger partial charge in [0, 0.05) is 26.1 Å². The van der Waals surface area contributed by atoms with Gasteiger partial charge in [-0.2, -0.15) is 0 Å². The third-order valence-corrected chi connectivity index (χ3v) is 7.20. The molecular formula is C27H28N4O6. The van der Waals surface area contributed by atoms with Gasteiger partial charge in [-0.05, 0) is 49.1 Å². The van der Waals surface area contributed by atoms with Crippen LogP contribution in [0.3, 0.4) is 0 Å². The van der Waals surface area contributed by atoms with Gasteiger partial charge in [0.25, 0.3) is 17.7 Å². The first-order valence-electron chi connectivity index (χ1n) is 12.3. The van der Waals surface area contributed by atoms with Gasteiger partial charge in [0.05, 0.1) is 23.7 Å². The molecule has 0 spiro atoms. The highest BCUT2D eigenvalue weighted by atomic mass is 16.5. The smallest absolute Gasteiger partial charge is 0.262 e. The van der Waals surface area contributed by atoms with Crippen LogP contribution < -0.4 is 10.1 Å². The molecule has 1 N–H and O–H groups in total. The first-order valence-corrected chi connectivity index (χ1v) is 12.3. The van der Waals surface area contributed by atoms with E-state index in [1.807, 2.05) is 24.3 Å². The van der Waals surface area contributed by atoms with Crippen LogP contribution in [0, 0.1) is 0 Å². The largest absolute Gasteiger partial charge is 0.497 e. The number of hydrogen-bond donors (Lipinski definition) is 1. The Bertz CT molecular complexity index is 1230. The Kier molecular flexibility index (Phi) is 6.41. The van der Waals surface area contributed by atoms with Gasteiger partial charge in [-0.25, -0.2) is 0 Å². The SMILES string of the molecule is COc1ccc(C2(C(=O)N3CCCN3C(=O)CCNC(=O)CN3C(=O)c4ccccc4C3=O)CC2)cc1. The minimum atomic E-state index is -0.615. The highest BCUT2D eigenvalue weighted by molar-refractivity contribution is 6.22. The average Bonchev–Trinajstić information content (AvgIpc) is 3.52. The van der Waals surface area contributed by atoms with Crippen LogP contribution in [-0.4, -0.2) is 77.7 Å². The number of amides is 5. The molecule has 0 unspecified atom stereocenters. The van der Waals surface area contributed by atoms with E-state index < -0.39 is 29.7 Å². The molecule has 2 heterocycles. The van der Waals surface area contributed by atoms with Crippen LogP contribution in [0.5, 0.6) is 5.75 Å². The number of fused-ring (bicyclic) bond motifs is 1. The normalized spacial score (nSPS) is 17.6. The number of imide groups is 1. The Morgan fingerprint density at radius 1 is 0.919 bits per heavy atom. The number of rotatable bonds is 8. The number of carbonyl (C=O) groups is 5. The average molecular weight is 505 g/mol. The van der Waals surface area contributed by atoms with Gasteiger partial charge in [0.1, 0.15) is 12.3 Å². The van der Waals surface area contributed by atoms with E-state index in [0.717, 1.165) is 29.1 Å². The molecule has 1 saturated carbocycles.